The Morgan fingerprint density at radius 1 is 1.00 bits per heavy atom. The zero-order valence-corrected chi connectivity index (χ0v) is 12.2. The molecule has 1 fully saturated rings. The van der Waals surface area contributed by atoms with Crippen LogP contribution in [0.1, 0.15) is 11.5 Å². The van der Waals surface area contributed by atoms with E-state index in [0.717, 1.165) is 5.56 Å². The van der Waals surface area contributed by atoms with Crippen LogP contribution in [0, 0.1) is 0 Å². The number of nitrogens with two attached hydrogens (primary N) is 1. The molecule has 3 rings (SSSR count). The summed E-state index contributed by atoms with van der Waals surface area (Å²) < 4.78 is 25.1. The average Bonchev–Trinajstić information content (AvgIpc) is 3.12. The van der Waals surface area contributed by atoms with Gasteiger partial charge >= 0.3 is 0 Å². The molecule has 0 aromatic heterocycles. The van der Waals surface area contributed by atoms with Crippen LogP contribution in [0.2, 0.25) is 5.02 Å². The molecule has 2 aromatic carbocycles. The highest BCUT2D eigenvalue weighted by Crippen LogP contribution is 2.47. The van der Waals surface area contributed by atoms with Crippen LogP contribution in [0.5, 0.6) is 0 Å². The predicted octanol–water partition coefficient (Wildman–Crippen LogP) is 2.61. The van der Waals surface area contributed by atoms with E-state index < -0.39 is 15.1 Å². The zero-order chi connectivity index (χ0) is 14.3. The topological polar surface area (TPSA) is 60.2 Å². The smallest absolute Gasteiger partial charge is 0.183 e. The minimum absolute atomic E-state index is 0.182. The van der Waals surface area contributed by atoms with E-state index in [1.54, 1.807) is 42.5 Å². The lowest BCUT2D eigenvalue weighted by Gasteiger charge is -2.04. The fourth-order valence-electron chi connectivity index (χ4n) is 2.60. The molecule has 1 aliphatic carbocycles. The Labute approximate surface area is 123 Å². The highest BCUT2D eigenvalue weighted by Gasteiger charge is 2.57. The zero-order valence-electron chi connectivity index (χ0n) is 10.6. The van der Waals surface area contributed by atoms with Gasteiger partial charge in [-0.2, -0.15) is 0 Å². The minimum Gasteiger partial charge on any atom is -0.326 e. The van der Waals surface area contributed by atoms with Gasteiger partial charge in [0.2, 0.25) is 0 Å². The van der Waals surface area contributed by atoms with Gasteiger partial charge in [-0.15, -0.1) is 0 Å². The van der Waals surface area contributed by atoms with E-state index in [4.69, 9.17) is 17.3 Å². The van der Waals surface area contributed by atoms with Crippen LogP contribution >= 0.6 is 11.6 Å². The van der Waals surface area contributed by atoms with Gasteiger partial charge < -0.3 is 5.73 Å². The summed E-state index contributed by atoms with van der Waals surface area (Å²) in [6.45, 7) is 0. The number of hydrogen-bond acceptors (Lipinski definition) is 3. The van der Waals surface area contributed by atoms with Gasteiger partial charge in [-0.25, -0.2) is 8.42 Å². The summed E-state index contributed by atoms with van der Waals surface area (Å²) in [5, 5.41) is 0.0285. The molecule has 1 aliphatic rings. The van der Waals surface area contributed by atoms with E-state index in [1.165, 1.54) is 0 Å². The predicted molar refractivity (Wildman–Crippen MR) is 79.6 cm³/mol. The highest BCUT2D eigenvalue weighted by atomic mass is 35.5. The second-order valence-electron chi connectivity index (χ2n) is 4.98. The van der Waals surface area contributed by atoms with Gasteiger partial charge in [0.05, 0.1) is 10.1 Å². The van der Waals surface area contributed by atoms with E-state index in [9.17, 15) is 8.42 Å². The van der Waals surface area contributed by atoms with Crippen molar-refractivity contribution >= 4 is 21.4 Å². The van der Waals surface area contributed by atoms with Gasteiger partial charge in [0.1, 0.15) is 0 Å². The second-order valence-corrected chi connectivity index (χ2v) is 7.52. The molecule has 5 heteroatoms. The Balaban J connectivity index is 1.94. The fraction of sp³-hybridized carbons (Fsp3) is 0.200. The molecule has 0 bridgehead atoms. The van der Waals surface area contributed by atoms with Crippen LogP contribution in [0.3, 0.4) is 0 Å². The van der Waals surface area contributed by atoms with Crippen molar-refractivity contribution in [3.8, 4) is 0 Å². The number of hydrogen-bond donors (Lipinski definition) is 1. The van der Waals surface area contributed by atoms with Crippen molar-refractivity contribution in [3.63, 3.8) is 0 Å². The normalized spacial score (nSPS) is 25.4. The van der Waals surface area contributed by atoms with Crippen molar-refractivity contribution in [1.29, 1.82) is 0 Å². The molecule has 0 aliphatic heterocycles. The molecule has 0 amide bonds. The second kappa shape index (κ2) is 4.88. The summed E-state index contributed by atoms with van der Waals surface area (Å²) in [5.74, 6) is -0.182. The lowest BCUT2D eigenvalue weighted by Crippen LogP contribution is -2.15. The van der Waals surface area contributed by atoms with E-state index >= 15 is 0 Å². The first-order valence-corrected chi connectivity index (χ1v) is 8.24. The van der Waals surface area contributed by atoms with Crippen molar-refractivity contribution in [2.75, 3.05) is 0 Å². The lowest BCUT2D eigenvalue weighted by molar-refractivity contribution is 0.593. The van der Waals surface area contributed by atoms with Crippen molar-refractivity contribution in [2.45, 2.75) is 22.1 Å². The van der Waals surface area contributed by atoms with Crippen molar-refractivity contribution in [3.05, 3.63) is 65.2 Å². The first kappa shape index (κ1) is 13.6. The van der Waals surface area contributed by atoms with Crippen LogP contribution in [0.25, 0.3) is 0 Å². The molecule has 0 unspecified atom stereocenters. The molecule has 0 heterocycles. The van der Waals surface area contributed by atoms with Crippen LogP contribution in [-0.4, -0.2) is 19.7 Å². The van der Waals surface area contributed by atoms with Gasteiger partial charge in [0, 0.05) is 17.0 Å². The molecular formula is C15H14ClNO2S. The van der Waals surface area contributed by atoms with Crippen molar-refractivity contribution in [1.82, 2.24) is 0 Å². The maximum absolute atomic E-state index is 12.6. The largest absolute Gasteiger partial charge is 0.326 e. The third-order valence-corrected chi connectivity index (χ3v) is 6.16. The third-order valence-electron chi connectivity index (χ3n) is 3.67. The maximum atomic E-state index is 12.6. The summed E-state index contributed by atoms with van der Waals surface area (Å²) in [4.78, 5) is 0.324. The number of rotatable bonds is 3. The van der Waals surface area contributed by atoms with Gasteiger partial charge in [0.25, 0.3) is 0 Å². The molecule has 0 radical (unpaired) electrons. The number of benzene rings is 2. The van der Waals surface area contributed by atoms with E-state index in [2.05, 4.69) is 0 Å². The SMILES string of the molecule is N[C@@H]1[C@@H](c2cccc(Cl)c2)[C@H]1S(=O)(=O)c1ccccc1. The minimum atomic E-state index is -3.39. The fourth-order valence-corrected chi connectivity index (χ4v) is 4.86. The quantitative estimate of drug-likeness (QED) is 0.948. The first-order chi connectivity index (χ1) is 9.51. The van der Waals surface area contributed by atoms with Gasteiger partial charge in [-0.1, -0.05) is 41.9 Å². The Kier molecular flexibility index (Phi) is 3.32. The van der Waals surface area contributed by atoms with Gasteiger partial charge in [-0.05, 0) is 29.8 Å². The summed E-state index contributed by atoms with van der Waals surface area (Å²) in [6, 6.07) is 15.3. The first-order valence-electron chi connectivity index (χ1n) is 6.32. The Morgan fingerprint density at radius 3 is 2.35 bits per heavy atom. The molecule has 2 N–H and O–H groups in total. The molecule has 104 valence electrons. The van der Waals surface area contributed by atoms with Gasteiger partial charge in [0.15, 0.2) is 9.84 Å². The number of sulfone groups is 1. The van der Waals surface area contributed by atoms with Crippen molar-refractivity contribution in [2.24, 2.45) is 5.73 Å². The number of halogens is 1. The van der Waals surface area contributed by atoms with Gasteiger partial charge in [-0.3, -0.25) is 0 Å². The molecule has 20 heavy (non-hydrogen) atoms. The lowest BCUT2D eigenvalue weighted by atomic mass is 10.1. The Hall–Kier alpha value is -1.36. The molecule has 2 aromatic rings. The Morgan fingerprint density at radius 2 is 1.70 bits per heavy atom. The summed E-state index contributed by atoms with van der Waals surface area (Å²) in [6.07, 6.45) is 0. The van der Waals surface area contributed by atoms with E-state index in [0.29, 0.717) is 9.92 Å². The molecule has 1 saturated carbocycles. The molecular weight excluding hydrogens is 294 g/mol. The van der Waals surface area contributed by atoms with Crippen LogP contribution < -0.4 is 5.73 Å². The third kappa shape index (κ3) is 2.24. The van der Waals surface area contributed by atoms with Crippen LogP contribution in [0.4, 0.5) is 0 Å². The average molecular weight is 308 g/mol. The summed E-state index contributed by atoms with van der Waals surface area (Å²) in [7, 11) is -3.39. The van der Waals surface area contributed by atoms with E-state index in [1.807, 2.05) is 12.1 Å². The molecule has 0 spiro atoms. The highest BCUT2D eigenvalue weighted by molar-refractivity contribution is 7.92. The van der Waals surface area contributed by atoms with Crippen LogP contribution in [0.15, 0.2) is 59.5 Å². The van der Waals surface area contributed by atoms with Crippen molar-refractivity contribution < 1.29 is 8.42 Å². The monoisotopic (exact) mass is 307 g/mol. The summed E-state index contributed by atoms with van der Waals surface area (Å²) in [5.41, 5.74) is 6.88. The molecule has 3 atom stereocenters. The Bertz CT molecular complexity index is 731. The van der Waals surface area contributed by atoms with E-state index in [-0.39, 0.29) is 12.0 Å². The summed E-state index contributed by atoms with van der Waals surface area (Å²) >= 11 is 5.95. The maximum Gasteiger partial charge on any atom is 0.183 e. The molecule has 0 saturated heterocycles. The standard InChI is InChI=1S/C15H14ClNO2S/c16-11-6-4-5-10(9-11)13-14(17)15(13)20(18,19)12-7-2-1-3-8-12/h1-9,13-15H,17H2/t13-,14-,15-/m1/s1. The van der Waals surface area contributed by atoms with Crippen LogP contribution in [-0.2, 0) is 9.84 Å². The molecule has 3 nitrogen and oxygen atoms in total.